The Morgan fingerprint density at radius 1 is 1.15 bits per heavy atom. The Labute approximate surface area is 234 Å². The minimum absolute atomic E-state index is 0.0558. The van der Waals surface area contributed by atoms with Gasteiger partial charge in [0.25, 0.3) is 0 Å². The summed E-state index contributed by atoms with van der Waals surface area (Å²) < 4.78 is 7.31. The highest BCUT2D eigenvalue weighted by Gasteiger charge is 2.29. The van der Waals surface area contributed by atoms with E-state index in [1.54, 1.807) is 17.9 Å². The number of nitriles is 1. The number of benzene rings is 1. The van der Waals surface area contributed by atoms with Crippen LogP contribution in [0.5, 0.6) is 5.75 Å². The van der Waals surface area contributed by atoms with Crippen molar-refractivity contribution in [1.29, 1.82) is 5.26 Å². The van der Waals surface area contributed by atoms with Gasteiger partial charge in [-0.15, -0.1) is 0 Å². The van der Waals surface area contributed by atoms with Gasteiger partial charge in [-0.2, -0.15) is 10.2 Å². The summed E-state index contributed by atoms with van der Waals surface area (Å²) in [6, 6.07) is 12.1. The molecule has 2 atom stereocenters. The number of nitrogens with zero attached hydrogens (tertiary/aromatic N) is 6. The third kappa shape index (κ3) is 4.58. The van der Waals surface area contributed by atoms with E-state index in [9.17, 15) is 10.1 Å². The lowest BCUT2D eigenvalue weighted by Crippen LogP contribution is -2.55. The third-order valence-electron chi connectivity index (χ3n) is 7.60. The lowest BCUT2D eigenvalue weighted by molar-refractivity contribution is 0.413. The number of piperazine rings is 1. The Bertz CT molecular complexity index is 1700. The van der Waals surface area contributed by atoms with Gasteiger partial charge in [-0.05, 0) is 62.9 Å². The lowest BCUT2D eigenvalue weighted by atomic mass is 10.0. The molecule has 5 rings (SSSR count). The van der Waals surface area contributed by atoms with E-state index >= 15 is 0 Å². The lowest BCUT2D eigenvalue weighted by Gasteiger charge is -2.38. The second kappa shape index (κ2) is 10.7. The number of aromatic nitrogens is 4. The van der Waals surface area contributed by atoms with Crippen molar-refractivity contribution in [2.24, 2.45) is 0 Å². The molecular formula is C31H35N7O2. The number of hydrogen-bond acceptors (Lipinski definition) is 8. The summed E-state index contributed by atoms with van der Waals surface area (Å²) in [6.07, 6.45) is 1.76. The maximum absolute atomic E-state index is 14.0. The zero-order valence-electron chi connectivity index (χ0n) is 24.1. The number of pyridine rings is 2. The highest BCUT2D eigenvalue weighted by molar-refractivity contribution is 5.93. The van der Waals surface area contributed by atoms with Crippen molar-refractivity contribution >= 4 is 16.9 Å². The van der Waals surface area contributed by atoms with Gasteiger partial charge in [0.1, 0.15) is 17.6 Å². The topological polar surface area (TPSA) is 109 Å². The first-order chi connectivity index (χ1) is 19.2. The molecule has 1 fully saturated rings. The molecule has 3 aromatic heterocycles. The van der Waals surface area contributed by atoms with E-state index in [4.69, 9.17) is 9.72 Å². The van der Waals surface area contributed by atoms with Crippen molar-refractivity contribution in [3.05, 3.63) is 69.4 Å². The van der Waals surface area contributed by atoms with Crippen LogP contribution in [-0.2, 0) is 0 Å². The fourth-order valence-corrected chi connectivity index (χ4v) is 5.55. The summed E-state index contributed by atoms with van der Waals surface area (Å²) in [7, 11) is 1.61. The number of para-hydroxylation sites is 1. The first-order valence-electron chi connectivity index (χ1n) is 13.6. The number of rotatable bonds is 5. The van der Waals surface area contributed by atoms with Gasteiger partial charge < -0.3 is 15.0 Å². The second-order valence-corrected chi connectivity index (χ2v) is 10.9. The predicted molar refractivity (Wildman–Crippen MR) is 157 cm³/mol. The van der Waals surface area contributed by atoms with E-state index in [0.29, 0.717) is 51.7 Å². The zero-order chi connectivity index (χ0) is 28.7. The van der Waals surface area contributed by atoms with Crippen molar-refractivity contribution in [3.63, 3.8) is 0 Å². The van der Waals surface area contributed by atoms with E-state index in [2.05, 4.69) is 40.1 Å². The van der Waals surface area contributed by atoms with Gasteiger partial charge in [0.15, 0.2) is 5.65 Å². The summed E-state index contributed by atoms with van der Waals surface area (Å²) in [5, 5.41) is 14.4. The van der Waals surface area contributed by atoms with E-state index in [1.807, 2.05) is 58.0 Å². The average molecular weight is 538 g/mol. The quantitative estimate of drug-likeness (QED) is 0.392. The van der Waals surface area contributed by atoms with Crippen LogP contribution >= 0.6 is 0 Å². The standard InChI is InChI=1S/C31H35N7O2/c1-17(2)25-27(18(3)11-12-33-25)38-30-24(29(36-31(38)39)37-16-20(5)34-15-21(37)6)13-22(14-32)26(35-30)23-10-8-9-19(4)28(23)40-7/h8-13,17,20-21,34H,15-16H2,1-7H3/t20-,21+/m1/s1. The Balaban J connectivity index is 1.94. The molecule has 0 aliphatic carbocycles. The molecule has 1 saturated heterocycles. The Morgan fingerprint density at radius 2 is 1.93 bits per heavy atom. The van der Waals surface area contributed by atoms with Gasteiger partial charge in [-0.3, -0.25) is 4.98 Å². The van der Waals surface area contributed by atoms with Crippen LogP contribution in [0.1, 0.15) is 56.0 Å². The van der Waals surface area contributed by atoms with Gasteiger partial charge in [0.2, 0.25) is 0 Å². The molecule has 0 unspecified atom stereocenters. The Kier molecular flexibility index (Phi) is 7.30. The molecule has 1 aliphatic heterocycles. The molecule has 4 aromatic rings. The molecular weight excluding hydrogens is 502 g/mol. The third-order valence-corrected chi connectivity index (χ3v) is 7.60. The van der Waals surface area contributed by atoms with Crippen molar-refractivity contribution < 1.29 is 4.74 Å². The second-order valence-electron chi connectivity index (χ2n) is 10.9. The Morgan fingerprint density at radius 3 is 2.62 bits per heavy atom. The van der Waals surface area contributed by atoms with Crippen LogP contribution in [0, 0.1) is 25.2 Å². The number of hydrogen-bond donors (Lipinski definition) is 1. The van der Waals surface area contributed by atoms with Crippen LogP contribution in [0.3, 0.4) is 0 Å². The number of aryl methyl sites for hydroxylation is 2. The monoisotopic (exact) mass is 537 g/mol. The molecule has 1 N–H and O–H groups in total. The van der Waals surface area contributed by atoms with Crippen molar-refractivity contribution in [2.45, 2.75) is 59.5 Å². The van der Waals surface area contributed by atoms with Crippen molar-refractivity contribution in [1.82, 2.24) is 24.8 Å². The molecule has 206 valence electrons. The zero-order valence-corrected chi connectivity index (χ0v) is 24.1. The number of anilines is 1. The van der Waals surface area contributed by atoms with Gasteiger partial charge in [-0.25, -0.2) is 14.3 Å². The molecule has 0 saturated carbocycles. The first kappa shape index (κ1) is 27.3. The summed E-state index contributed by atoms with van der Waals surface area (Å²) in [5.74, 6) is 1.23. The van der Waals surface area contributed by atoms with E-state index in [-0.39, 0.29) is 18.0 Å². The van der Waals surface area contributed by atoms with Crippen LogP contribution in [0.25, 0.3) is 28.0 Å². The summed E-state index contributed by atoms with van der Waals surface area (Å²) >= 11 is 0. The fourth-order valence-electron chi connectivity index (χ4n) is 5.55. The molecule has 0 bridgehead atoms. The smallest absolute Gasteiger partial charge is 0.355 e. The molecule has 0 radical (unpaired) electrons. The van der Waals surface area contributed by atoms with Crippen LogP contribution in [-0.4, -0.2) is 51.8 Å². The maximum atomic E-state index is 14.0. The summed E-state index contributed by atoms with van der Waals surface area (Å²) in [5.41, 5.74) is 4.80. The highest BCUT2D eigenvalue weighted by atomic mass is 16.5. The molecule has 1 aliphatic rings. The van der Waals surface area contributed by atoms with E-state index in [1.165, 1.54) is 0 Å². The molecule has 1 aromatic carbocycles. The van der Waals surface area contributed by atoms with Crippen LogP contribution in [0.15, 0.2) is 41.3 Å². The van der Waals surface area contributed by atoms with Gasteiger partial charge >= 0.3 is 5.69 Å². The van der Waals surface area contributed by atoms with Gasteiger partial charge in [0.05, 0.1) is 35.1 Å². The average Bonchev–Trinajstić information content (AvgIpc) is 2.93. The SMILES string of the molecule is COc1c(C)cccc1-c1nc2c(cc1C#N)c(N1C[C@@H](C)NC[C@@H]1C)nc(=O)n2-c1c(C)ccnc1C(C)C. The first-order valence-corrected chi connectivity index (χ1v) is 13.6. The number of ether oxygens (including phenoxy) is 1. The van der Waals surface area contributed by atoms with E-state index < -0.39 is 5.69 Å². The number of methoxy groups -OCH3 is 1. The largest absolute Gasteiger partial charge is 0.496 e. The summed E-state index contributed by atoms with van der Waals surface area (Å²) in [4.78, 5) is 30.6. The Hall–Kier alpha value is -4.29. The van der Waals surface area contributed by atoms with Gasteiger partial charge in [0, 0.05) is 36.9 Å². The number of nitrogens with one attached hydrogen (secondary N) is 1. The molecule has 9 nitrogen and oxygen atoms in total. The van der Waals surface area contributed by atoms with E-state index in [0.717, 1.165) is 23.4 Å². The normalized spacial score (nSPS) is 17.3. The summed E-state index contributed by atoms with van der Waals surface area (Å²) in [6.45, 7) is 13.6. The number of fused-ring (bicyclic) bond motifs is 1. The minimum atomic E-state index is -0.432. The molecule has 0 amide bonds. The fraction of sp³-hybridized carbons (Fsp3) is 0.387. The van der Waals surface area contributed by atoms with Crippen molar-refractivity contribution in [2.75, 3.05) is 25.1 Å². The van der Waals surface area contributed by atoms with Gasteiger partial charge in [-0.1, -0.05) is 26.0 Å². The molecule has 0 spiro atoms. The molecule has 4 heterocycles. The van der Waals surface area contributed by atoms with Crippen LogP contribution in [0.4, 0.5) is 5.82 Å². The maximum Gasteiger partial charge on any atom is 0.355 e. The highest BCUT2D eigenvalue weighted by Crippen LogP contribution is 2.37. The van der Waals surface area contributed by atoms with Crippen LogP contribution < -0.4 is 20.6 Å². The van der Waals surface area contributed by atoms with Crippen molar-refractivity contribution in [3.8, 4) is 28.8 Å². The molecule has 40 heavy (non-hydrogen) atoms. The predicted octanol–water partition coefficient (Wildman–Crippen LogP) is 4.65. The minimum Gasteiger partial charge on any atom is -0.496 e. The molecule has 9 heteroatoms. The van der Waals surface area contributed by atoms with Crippen LogP contribution in [0.2, 0.25) is 0 Å².